The molecule has 0 saturated carbocycles. The molecule has 0 bridgehead atoms. The summed E-state index contributed by atoms with van der Waals surface area (Å²) < 4.78 is 13.0. The fourth-order valence-electron chi connectivity index (χ4n) is 2.24. The smallest absolute Gasteiger partial charge is 0.249 e. The highest BCUT2D eigenvalue weighted by Crippen LogP contribution is 2.43. The molecule has 3 aromatic rings. The van der Waals surface area contributed by atoms with Crippen molar-refractivity contribution < 1.29 is 19.7 Å². The third kappa shape index (κ3) is 2.06. The number of aromatic amines is 1. The van der Waals surface area contributed by atoms with Gasteiger partial charge in [0, 0.05) is 17.7 Å². The van der Waals surface area contributed by atoms with Crippen LogP contribution in [0.3, 0.4) is 0 Å². The molecule has 4 N–H and O–H groups in total. The second kappa shape index (κ2) is 4.52. The van der Waals surface area contributed by atoms with Gasteiger partial charge >= 0.3 is 0 Å². The highest BCUT2D eigenvalue weighted by Gasteiger charge is 2.16. The van der Waals surface area contributed by atoms with Crippen LogP contribution in [0.25, 0.3) is 22.0 Å². The lowest BCUT2D eigenvalue weighted by Gasteiger charge is -2.10. The number of benzene rings is 2. The standard InChI is InChI=1S/C15H10FNO4/c16-8-3-1-7(2-4-8)9-5-12(19)17-10-6-11(18)14(20)15(21)13(9)10/h1-6,18,20-21H,(H,17,19). The number of pyridine rings is 1. The van der Waals surface area contributed by atoms with Crippen LogP contribution in [0.1, 0.15) is 0 Å². The lowest BCUT2D eigenvalue weighted by Crippen LogP contribution is -2.05. The van der Waals surface area contributed by atoms with Crippen molar-refractivity contribution in [3.63, 3.8) is 0 Å². The van der Waals surface area contributed by atoms with Gasteiger partial charge in [-0.2, -0.15) is 0 Å². The van der Waals surface area contributed by atoms with Gasteiger partial charge in [0.2, 0.25) is 11.3 Å². The maximum atomic E-state index is 13.0. The largest absolute Gasteiger partial charge is 0.504 e. The zero-order valence-corrected chi connectivity index (χ0v) is 10.6. The van der Waals surface area contributed by atoms with Crippen molar-refractivity contribution in [2.45, 2.75) is 0 Å². The summed E-state index contributed by atoms with van der Waals surface area (Å²) in [5.74, 6) is -2.22. The maximum absolute atomic E-state index is 13.0. The molecule has 6 heteroatoms. The van der Waals surface area contributed by atoms with Gasteiger partial charge < -0.3 is 20.3 Å². The lowest BCUT2D eigenvalue weighted by atomic mass is 10.00. The monoisotopic (exact) mass is 287 g/mol. The summed E-state index contributed by atoms with van der Waals surface area (Å²) >= 11 is 0. The molecule has 0 spiro atoms. The van der Waals surface area contributed by atoms with Gasteiger partial charge in [-0.05, 0) is 17.7 Å². The minimum absolute atomic E-state index is 0.162. The topological polar surface area (TPSA) is 93.6 Å². The third-order valence-electron chi connectivity index (χ3n) is 3.21. The van der Waals surface area contributed by atoms with Gasteiger partial charge in [0.1, 0.15) is 5.82 Å². The molecule has 0 amide bonds. The number of hydrogen-bond acceptors (Lipinski definition) is 4. The van der Waals surface area contributed by atoms with E-state index in [1.54, 1.807) is 0 Å². The van der Waals surface area contributed by atoms with Crippen molar-refractivity contribution >= 4 is 10.9 Å². The lowest BCUT2D eigenvalue weighted by molar-refractivity contribution is 0.371. The van der Waals surface area contributed by atoms with Gasteiger partial charge in [-0.15, -0.1) is 0 Å². The summed E-state index contributed by atoms with van der Waals surface area (Å²) in [5, 5.41) is 29.3. The second-order valence-corrected chi connectivity index (χ2v) is 4.57. The van der Waals surface area contributed by atoms with E-state index in [1.165, 1.54) is 30.3 Å². The van der Waals surface area contributed by atoms with E-state index in [4.69, 9.17) is 0 Å². The minimum Gasteiger partial charge on any atom is -0.504 e. The first-order chi connectivity index (χ1) is 9.97. The number of phenols is 3. The molecule has 0 radical (unpaired) electrons. The highest BCUT2D eigenvalue weighted by molar-refractivity contribution is 6.01. The molecule has 106 valence electrons. The first-order valence-corrected chi connectivity index (χ1v) is 6.04. The summed E-state index contributed by atoms with van der Waals surface area (Å²) in [5.41, 5.74) is 0.523. The van der Waals surface area contributed by atoms with E-state index in [0.717, 1.165) is 6.07 Å². The maximum Gasteiger partial charge on any atom is 0.249 e. The number of rotatable bonds is 1. The second-order valence-electron chi connectivity index (χ2n) is 4.57. The van der Waals surface area contributed by atoms with Crippen LogP contribution in [-0.4, -0.2) is 20.3 Å². The number of phenolic OH excluding ortho intramolecular Hbond substituents is 3. The van der Waals surface area contributed by atoms with E-state index in [1.807, 2.05) is 0 Å². The average Bonchev–Trinajstić information content (AvgIpc) is 2.44. The van der Waals surface area contributed by atoms with Crippen LogP contribution >= 0.6 is 0 Å². The van der Waals surface area contributed by atoms with Crippen LogP contribution in [0.15, 0.2) is 41.2 Å². The van der Waals surface area contributed by atoms with Crippen LogP contribution in [0, 0.1) is 5.82 Å². The fourth-order valence-corrected chi connectivity index (χ4v) is 2.24. The summed E-state index contributed by atoms with van der Waals surface area (Å²) in [6, 6.07) is 7.71. The summed E-state index contributed by atoms with van der Waals surface area (Å²) in [7, 11) is 0. The number of aromatic nitrogens is 1. The van der Waals surface area contributed by atoms with Crippen LogP contribution in [0.2, 0.25) is 0 Å². The Kier molecular flexibility index (Phi) is 2.79. The Bertz CT molecular complexity index is 900. The third-order valence-corrected chi connectivity index (χ3v) is 3.21. The SMILES string of the molecule is O=c1cc(-c2ccc(F)cc2)c2c(O)c(O)c(O)cc2[nH]1. The van der Waals surface area contributed by atoms with Crippen LogP contribution in [0.4, 0.5) is 4.39 Å². The van der Waals surface area contributed by atoms with Gasteiger partial charge in [-0.25, -0.2) is 4.39 Å². The van der Waals surface area contributed by atoms with E-state index in [2.05, 4.69) is 4.98 Å². The van der Waals surface area contributed by atoms with Crippen LogP contribution in [0.5, 0.6) is 17.2 Å². The van der Waals surface area contributed by atoms with Crippen molar-refractivity contribution in [2.75, 3.05) is 0 Å². The van der Waals surface area contributed by atoms with Gasteiger partial charge in [-0.1, -0.05) is 12.1 Å². The molecule has 0 aliphatic carbocycles. The van der Waals surface area contributed by atoms with Crippen molar-refractivity contribution in [1.82, 2.24) is 4.98 Å². The molecular weight excluding hydrogens is 277 g/mol. The first-order valence-electron chi connectivity index (χ1n) is 6.04. The van der Waals surface area contributed by atoms with Gasteiger partial charge in [0.05, 0.1) is 10.9 Å². The van der Waals surface area contributed by atoms with Gasteiger partial charge in [-0.3, -0.25) is 4.79 Å². The Labute approximate surface area is 117 Å². The van der Waals surface area contributed by atoms with E-state index in [0.29, 0.717) is 11.1 Å². The number of halogens is 1. The van der Waals surface area contributed by atoms with E-state index in [9.17, 15) is 24.5 Å². The minimum atomic E-state index is -0.682. The molecular formula is C15H10FNO4. The predicted octanol–water partition coefficient (Wildman–Crippen LogP) is 2.45. The summed E-state index contributed by atoms with van der Waals surface area (Å²) in [4.78, 5) is 14.2. The zero-order chi connectivity index (χ0) is 15.1. The number of aromatic hydroxyl groups is 3. The van der Waals surface area contributed by atoms with Crippen molar-refractivity contribution in [3.8, 4) is 28.4 Å². The zero-order valence-electron chi connectivity index (χ0n) is 10.6. The normalized spacial score (nSPS) is 10.9. The average molecular weight is 287 g/mol. The molecule has 0 aliphatic rings. The first kappa shape index (κ1) is 13.0. The number of nitrogens with one attached hydrogen (secondary N) is 1. The molecule has 0 atom stereocenters. The molecule has 5 nitrogen and oxygen atoms in total. The van der Waals surface area contributed by atoms with Crippen molar-refractivity contribution in [1.29, 1.82) is 0 Å². The molecule has 0 unspecified atom stereocenters. The fraction of sp³-hybridized carbons (Fsp3) is 0. The molecule has 1 aromatic heterocycles. The van der Waals surface area contributed by atoms with E-state index in [-0.39, 0.29) is 10.9 Å². The number of fused-ring (bicyclic) bond motifs is 1. The molecule has 2 aromatic carbocycles. The molecule has 1 heterocycles. The Morgan fingerprint density at radius 3 is 2.29 bits per heavy atom. The van der Waals surface area contributed by atoms with Crippen LogP contribution in [-0.2, 0) is 0 Å². The number of H-pyrrole nitrogens is 1. The Morgan fingerprint density at radius 2 is 1.62 bits per heavy atom. The highest BCUT2D eigenvalue weighted by atomic mass is 19.1. The predicted molar refractivity (Wildman–Crippen MR) is 75.0 cm³/mol. The Hall–Kier alpha value is -3.02. The Balaban J connectivity index is 2.44. The molecule has 0 saturated heterocycles. The molecule has 0 aliphatic heterocycles. The van der Waals surface area contributed by atoms with E-state index >= 15 is 0 Å². The van der Waals surface area contributed by atoms with Crippen molar-refractivity contribution in [3.05, 3.63) is 52.6 Å². The van der Waals surface area contributed by atoms with Crippen molar-refractivity contribution in [2.24, 2.45) is 0 Å². The van der Waals surface area contributed by atoms with E-state index < -0.39 is 28.6 Å². The Morgan fingerprint density at radius 1 is 0.952 bits per heavy atom. The van der Waals surface area contributed by atoms with Crippen LogP contribution < -0.4 is 5.56 Å². The molecule has 0 fully saturated rings. The summed E-state index contributed by atoms with van der Waals surface area (Å²) in [6.07, 6.45) is 0. The summed E-state index contributed by atoms with van der Waals surface area (Å²) in [6.45, 7) is 0. The quantitative estimate of drug-likeness (QED) is 0.517. The molecule has 3 rings (SSSR count). The van der Waals surface area contributed by atoms with Gasteiger partial charge in [0.15, 0.2) is 11.5 Å². The number of hydrogen-bond donors (Lipinski definition) is 4. The van der Waals surface area contributed by atoms with Gasteiger partial charge in [0.25, 0.3) is 0 Å². The molecule has 21 heavy (non-hydrogen) atoms.